The molecule has 0 saturated heterocycles. The maximum atomic E-state index is 6.06. The lowest BCUT2D eigenvalue weighted by atomic mass is 10.2. The molecule has 1 rings (SSSR count). The van der Waals surface area contributed by atoms with Gasteiger partial charge in [-0.05, 0) is 30.8 Å². The van der Waals surface area contributed by atoms with Crippen molar-refractivity contribution in [2.45, 2.75) is 20.4 Å². The molecule has 1 aromatic rings. The van der Waals surface area contributed by atoms with Crippen molar-refractivity contribution in [1.82, 2.24) is 4.90 Å². The number of halogens is 2. The summed E-state index contributed by atoms with van der Waals surface area (Å²) in [6.07, 6.45) is 0. The monoisotopic (exact) mass is 262 g/mol. The summed E-state index contributed by atoms with van der Waals surface area (Å²) in [7, 11) is 1.63. The predicted octanol–water partition coefficient (Wildman–Crippen LogP) is 0.194. The van der Waals surface area contributed by atoms with Crippen LogP contribution in [0.2, 0.25) is 5.02 Å². The minimum Gasteiger partial charge on any atom is -1.00 e. The highest BCUT2D eigenvalue weighted by Gasteiger charge is 2.04. The van der Waals surface area contributed by atoms with Crippen LogP contribution in [0.15, 0.2) is 18.2 Å². The number of hydrogen-bond donors (Lipinski definition) is 0. The molecule has 0 aliphatic heterocycles. The van der Waals surface area contributed by atoms with Crippen molar-refractivity contribution in [3.8, 4) is 5.75 Å². The Morgan fingerprint density at radius 3 is 2.31 bits per heavy atom. The third kappa shape index (κ3) is 4.20. The molecule has 0 heterocycles. The summed E-state index contributed by atoms with van der Waals surface area (Å²) < 4.78 is 5.11. The molecule has 16 heavy (non-hydrogen) atoms. The zero-order valence-electron chi connectivity index (χ0n) is 9.96. The molecule has 2 nitrogen and oxygen atoms in total. The van der Waals surface area contributed by atoms with E-state index < -0.39 is 0 Å². The summed E-state index contributed by atoms with van der Waals surface area (Å²) in [5.41, 5.74) is 1.23. The van der Waals surface area contributed by atoms with Gasteiger partial charge in [-0.2, -0.15) is 0 Å². The van der Waals surface area contributed by atoms with E-state index in [4.69, 9.17) is 16.3 Å². The molecule has 0 unspecified atom stereocenters. The molecule has 0 bridgehead atoms. The Morgan fingerprint density at radius 2 is 1.88 bits per heavy atom. The van der Waals surface area contributed by atoms with Crippen molar-refractivity contribution < 1.29 is 17.1 Å². The number of hydrogen-bond acceptors (Lipinski definition) is 2. The van der Waals surface area contributed by atoms with Gasteiger partial charge in [-0.25, -0.2) is 0 Å². The summed E-state index contributed by atoms with van der Waals surface area (Å²) in [4.78, 5) is 2.35. The average Bonchev–Trinajstić information content (AvgIpc) is 2.26. The van der Waals surface area contributed by atoms with Crippen LogP contribution in [-0.4, -0.2) is 25.1 Å². The molecule has 0 aliphatic carbocycles. The molecular formula is C12H18Cl2NO-. The quantitative estimate of drug-likeness (QED) is 0.752. The summed E-state index contributed by atoms with van der Waals surface area (Å²) in [6.45, 7) is 7.38. The molecule has 0 aliphatic rings. The highest BCUT2D eigenvalue weighted by atomic mass is 35.5. The minimum absolute atomic E-state index is 0. The van der Waals surface area contributed by atoms with E-state index in [9.17, 15) is 0 Å². The summed E-state index contributed by atoms with van der Waals surface area (Å²) >= 11 is 6.06. The van der Waals surface area contributed by atoms with E-state index in [1.165, 1.54) is 5.56 Å². The Balaban J connectivity index is 0.00000225. The van der Waals surface area contributed by atoms with E-state index in [2.05, 4.69) is 24.8 Å². The number of ether oxygens (including phenoxy) is 1. The molecular weight excluding hydrogens is 245 g/mol. The summed E-state index contributed by atoms with van der Waals surface area (Å²) in [5.74, 6) is 0.736. The van der Waals surface area contributed by atoms with Crippen molar-refractivity contribution in [3.63, 3.8) is 0 Å². The third-order valence-electron chi connectivity index (χ3n) is 2.52. The van der Waals surface area contributed by atoms with E-state index in [1.807, 2.05) is 12.1 Å². The van der Waals surface area contributed by atoms with E-state index in [0.717, 1.165) is 25.4 Å². The summed E-state index contributed by atoms with van der Waals surface area (Å²) in [6, 6.07) is 5.95. The average molecular weight is 263 g/mol. The third-order valence-corrected chi connectivity index (χ3v) is 2.81. The second-order valence-electron chi connectivity index (χ2n) is 3.43. The molecule has 0 N–H and O–H groups in total. The normalized spacial score (nSPS) is 10.1. The van der Waals surface area contributed by atoms with Crippen molar-refractivity contribution in [3.05, 3.63) is 28.8 Å². The lowest BCUT2D eigenvalue weighted by Gasteiger charge is -2.18. The van der Waals surface area contributed by atoms with E-state index >= 15 is 0 Å². The second-order valence-corrected chi connectivity index (χ2v) is 3.84. The first-order valence-corrected chi connectivity index (χ1v) is 5.63. The smallest absolute Gasteiger partial charge is 0.137 e. The lowest BCUT2D eigenvalue weighted by Crippen LogP contribution is -3.00. The van der Waals surface area contributed by atoms with Crippen LogP contribution < -0.4 is 17.1 Å². The maximum Gasteiger partial charge on any atom is 0.137 e. The fraction of sp³-hybridized carbons (Fsp3) is 0.500. The van der Waals surface area contributed by atoms with E-state index in [1.54, 1.807) is 7.11 Å². The van der Waals surface area contributed by atoms with Gasteiger partial charge in [0, 0.05) is 6.54 Å². The molecule has 4 heteroatoms. The Labute approximate surface area is 109 Å². The van der Waals surface area contributed by atoms with Gasteiger partial charge >= 0.3 is 0 Å². The molecule has 0 spiro atoms. The molecule has 0 fully saturated rings. The number of benzene rings is 1. The molecule has 1 aromatic carbocycles. The van der Waals surface area contributed by atoms with Crippen LogP contribution >= 0.6 is 11.6 Å². The van der Waals surface area contributed by atoms with Crippen LogP contribution in [0, 0.1) is 0 Å². The first kappa shape index (κ1) is 15.6. The molecule has 92 valence electrons. The highest BCUT2D eigenvalue weighted by molar-refractivity contribution is 6.32. The Morgan fingerprint density at radius 1 is 1.25 bits per heavy atom. The van der Waals surface area contributed by atoms with Gasteiger partial charge in [-0.1, -0.05) is 31.5 Å². The maximum absolute atomic E-state index is 6.06. The van der Waals surface area contributed by atoms with E-state index in [-0.39, 0.29) is 12.4 Å². The van der Waals surface area contributed by atoms with Gasteiger partial charge < -0.3 is 17.1 Å². The van der Waals surface area contributed by atoms with Crippen molar-refractivity contribution >= 4 is 11.6 Å². The van der Waals surface area contributed by atoms with Crippen molar-refractivity contribution in [1.29, 1.82) is 0 Å². The fourth-order valence-electron chi connectivity index (χ4n) is 1.51. The van der Waals surface area contributed by atoms with Crippen molar-refractivity contribution in [2.24, 2.45) is 0 Å². The molecule has 0 saturated carbocycles. The zero-order valence-corrected chi connectivity index (χ0v) is 11.5. The van der Waals surface area contributed by atoms with Gasteiger partial charge in [0.2, 0.25) is 0 Å². The highest BCUT2D eigenvalue weighted by Crippen LogP contribution is 2.25. The van der Waals surface area contributed by atoms with Gasteiger partial charge in [-0.15, -0.1) is 0 Å². The van der Waals surface area contributed by atoms with E-state index in [0.29, 0.717) is 5.02 Å². The SMILES string of the molecule is CCN(CC)Cc1ccc(OC)c(Cl)c1.[Cl-]. The minimum atomic E-state index is 0. The lowest BCUT2D eigenvalue weighted by molar-refractivity contribution is -0.00000346. The number of rotatable bonds is 5. The molecule has 0 amide bonds. The fourth-order valence-corrected chi connectivity index (χ4v) is 1.79. The topological polar surface area (TPSA) is 12.5 Å². The van der Waals surface area contributed by atoms with Gasteiger partial charge in [-0.3, -0.25) is 4.90 Å². The second kappa shape index (κ2) is 7.77. The van der Waals surface area contributed by atoms with Gasteiger partial charge in [0.25, 0.3) is 0 Å². The number of nitrogens with zero attached hydrogens (tertiary/aromatic N) is 1. The Bertz CT molecular complexity index is 314. The molecule has 0 aromatic heterocycles. The first-order valence-electron chi connectivity index (χ1n) is 5.26. The van der Waals surface area contributed by atoms with Crippen LogP contribution in [-0.2, 0) is 6.54 Å². The van der Waals surface area contributed by atoms with Crippen LogP contribution in [0.1, 0.15) is 19.4 Å². The first-order chi connectivity index (χ1) is 7.21. The largest absolute Gasteiger partial charge is 1.00 e. The molecule has 0 radical (unpaired) electrons. The van der Waals surface area contributed by atoms with Crippen molar-refractivity contribution in [2.75, 3.05) is 20.2 Å². The predicted molar refractivity (Wildman–Crippen MR) is 64.6 cm³/mol. The zero-order chi connectivity index (χ0) is 11.3. The van der Waals surface area contributed by atoms with Gasteiger partial charge in [0.1, 0.15) is 5.75 Å². The Hall–Kier alpha value is -0.440. The van der Waals surface area contributed by atoms with Crippen LogP contribution in [0.5, 0.6) is 5.75 Å². The van der Waals surface area contributed by atoms with Crippen LogP contribution in [0.4, 0.5) is 0 Å². The summed E-state index contributed by atoms with van der Waals surface area (Å²) in [5, 5.41) is 0.683. The number of methoxy groups -OCH3 is 1. The Kier molecular flexibility index (Phi) is 7.56. The van der Waals surface area contributed by atoms with Gasteiger partial charge in [0.05, 0.1) is 12.1 Å². The van der Waals surface area contributed by atoms with Crippen LogP contribution in [0.25, 0.3) is 0 Å². The standard InChI is InChI=1S/C12H18ClNO.ClH/c1-4-14(5-2)9-10-6-7-12(15-3)11(13)8-10;/h6-8H,4-5,9H2,1-3H3;1H/p-1. The van der Waals surface area contributed by atoms with Crippen LogP contribution in [0.3, 0.4) is 0 Å². The molecule has 0 atom stereocenters. The van der Waals surface area contributed by atoms with Gasteiger partial charge in [0.15, 0.2) is 0 Å².